The summed E-state index contributed by atoms with van der Waals surface area (Å²) in [5, 5.41) is 3.58. The van der Waals surface area contributed by atoms with Crippen LogP contribution in [0.1, 0.15) is 24.4 Å². The monoisotopic (exact) mass is 343 g/mol. The van der Waals surface area contributed by atoms with Crippen LogP contribution in [0.3, 0.4) is 0 Å². The van der Waals surface area contributed by atoms with Crippen LogP contribution >= 0.6 is 15.9 Å². The van der Waals surface area contributed by atoms with Gasteiger partial charge in [0.2, 0.25) is 0 Å². The number of ether oxygens (including phenoxy) is 3. The number of hydrogen-bond acceptors (Lipinski definition) is 4. The number of hydrogen-bond donors (Lipinski definition) is 1. The summed E-state index contributed by atoms with van der Waals surface area (Å²) in [5.74, 6) is 0.994. The number of benzene rings is 1. The summed E-state index contributed by atoms with van der Waals surface area (Å²) in [4.78, 5) is 0. The lowest BCUT2D eigenvalue weighted by Gasteiger charge is -2.27. The zero-order chi connectivity index (χ0) is 14.2. The molecule has 1 unspecified atom stereocenters. The Kier molecular flexibility index (Phi) is 6.79. The second-order valence-electron chi connectivity index (χ2n) is 4.78. The fourth-order valence-corrected chi connectivity index (χ4v) is 2.65. The van der Waals surface area contributed by atoms with Gasteiger partial charge in [0.15, 0.2) is 0 Å². The first-order valence-corrected chi connectivity index (χ1v) is 7.83. The second-order valence-corrected chi connectivity index (χ2v) is 5.70. The van der Waals surface area contributed by atoms with Gasteiger partial charge in [0, 0.05) is 36.2 Å². The highest BCUT2D eigenvalue weighted by Gasteiger charge is 2.20. The van der Waals surface area contributed by atoms with E-state index in [2.05, 4.69) is 27.3 Å². The minimum absolute atomic E-state index is 0.371. The zero-order valence-electron chi connectivity index (χ0n) is 11.9. The third-order valence-corrected chi connectivity index (χ3v) is 3.79. The van der Waals surface area contributed by atoms with Crippen molar-refractivity contribution < 1.29 is 14.2 Å². The van der Waals surface area contributed by atoms with Crippen molar-refractivity contribution in [1.29, 1.82) is 0 Å². The maximum atomic E-state index is 5.68. The Hall–Kier alpha value is -0.620. The predicted molar refractivity (Wildman–Crippen MR) is 82.3 cm³/mol. The molecule has 1 aromatic rings. The van der Waals surface area contributed by atoms with E-state index in [1.54, 1.807) is 7.11 Å². The molecule has 0 aliphatic carbocycles. The van der Waals surface area contributed by atoms with Crippen LogP contribution in [-0.2, 0) is 9.47 Å². The van der Waals surface area contributed by atoms with Crippen LogP contribution in [-0.4, -0.2) is 40.1 Å². The van der Waals surface area contributed by atoms with Gasteiger partial charge < -0.3 is 19.5 Å². The van der Waals surface area contributed by atoms with Crippen LogP contribution in [0.4, 0.5) is 0 Å². The van der Waals surface area contributed by atoms with E-state index >= 15 is 0 Å². The van der Waals surface area contributed by atoms with Crippen molar-refractivity contribution in [3.05, 3.63) is 28.2 Å². The molecule has 2 rings (SSSR count). The van der Waals surface area contributed by atoms with Crippen molar-refractivity contribution in [2.24, 2.45) is 0 Å². The molecule has 1 aromatic carbocycles. The van der Waals surface area contributed by atoms with Gasteiger partial charge in [-0.15, -0.1) is 0 Å². The molecule has 1 atom stereocenters. The molecule has 0 saturated carbocycles. The van der Waals surface area contributed by atoms with Gasteiger partial charge >= 0.3 is 0 Å². The van der Waals surface area contributed by atoms with Crippen LogP contribution in [0.25, 0.3) is 0 Å². The highest BCUT2D eigenvalue weighted by molar-refractivity contribution is 9.10. The van der Waals surface area contributed by atoms with Crippen LogP contribution in [0, 0.1) is 0 Å². The molecule has 0 spiro atoms. The molecule has 112 valence electrons. The summed E-state index contributed by atoms with van der Waals surface area (Å²) >= 11 is 3.52. The van der Waals surface area contributed by atoms with Gasteiger partial charge in [0.05, 0.1) is 19.8 Å². The Morgan fingerprint density at radius 2 is 2.25 bits per heavy atom. The summed E-state index contributed by atoms with van der Waals surface area (Å²) in [5.41, 5.74) is 1.24. The molecule has 1 heterocycles. The van der Waals surface area contributed by atoms with Crippen LogP contribution in [0.15, 0.2) is 22.7 Å². The molecule has 0 amide bonds. The molecule has 0 bridgehead atoms. The van der Waals surface area contributed by atoms with Crippen molar-refractivity contribution in [1.82, 2.24) is 5.32 Å². The molecule has 0 fully saturated rings. The van der Waals surface area contributed by atoms with Gasteiger partial charge in [0.1, 0.15) is 5.75 Å². The summed E-state index contributed by atoms with van der Waals surface area (Å²) in [6.07, 6.45) is 2.01. The van der Waals surface area contributed by atoms with Crippen molar-refractivity contribution >= 4 is 15.9 Å². The number of halogens is 1. The molecule has 1 N–H and O–H groups in total. The topological polar surface area (TPSA) is 39.7 Å². The number of rotatable bonds is 8. The Bertz CT molecular complexity index is 414. The van der Waals surface area contributed by atoms with Gasteiger partial charge in [-0.1, -0.05) is 15.9 Å². The predicted octanol–water partition coefficient (Wildman–Crippen LogP) is 2.92. The quantitative estimate of drug-likeness (QED) is 0.736. The first-order valence-electron chi connectivity index (χ1n) is 7.03. The minimum Gasteiger partial charge on any atom is -0.493 e. The molecule has 5 heteroatoms. The maximum absolute atomic E-state index is 5.68. The largest absolute Gasteiger partial charge is 0.493 e. The summed E-state index contributed by atoms with van der Waals surface area (Å²) in [6, 6.07) is 6.56. The standard InChI is InChI=1S/C15H22BrNO3/c1-18-9-10-19-7-2-6-17-14-5-8-20-15-4-3-12(16)11-13(14)15/h3-4,11,14,17H,2,5-10H2,1H3. The third-order valence-electron chi connectivity index (χ3n) is 3.30. The summed E-state index contributed by atoms with van der Waals surface area (Å²) in [6.45, 7) is 3.82. The van der Waals surface area contributed by atoms with E-state index in [-0.39, 0.29) is 0 Å². The van der Waals surface area contributed by atoms with Crippen molar-refractivity contribution in [2.75, 3.05) is 40.1 Å². The van der Waals surface area contributed by atoms with Gasteiger partial charge in [0.25, 0.3) is 0 Å². The van der Waals surface area contributed by atoms with Crippen LogP contribution < -0.4 is 10.1 Å². The van der Waals surface area contributed by atoms with E-state index in [1.165, 1.54) is 5.56 Å². The SMILES string of the molecule is COCCOCCCNC1CCOc2ccc(Br)cc21. The van der Waals surface area contributed by atoms with Gasteiger partial charge in [-0.3, -0.25) is 0 Å². The zero-order valence-corrected chi connectivity index (χ0v) is 13.4. The first-order chi connectivity index (χ1) is 9.81. The molecule has 0 aromatic heterocycles. The van der Waals surface area contributed by atoms with E-state index in [0.29, 0.717) is 19.3 Å². The van der Waals surface area contributed by atoms with E-state index < -0.39 is 0 Å². The van der Waals surface area contributed by atoms with Crippen molar-refractivity contribution in [3.8, 4) is 5.75 Å². The van der Waals surface area contributed by atoms with E-state index in [4.69, 9.17) is 14.2 Å². The lowest BCUT2D eigenvalue weighted by atomic mass is 10.0. The fraction of sp³-hybridized carbons (Fsp3) is 0.600. The summed E-state index contributed by atoms with van der Waals surface area (Å²) in [7, 11) is 1.69. The maximum Gasteiger partial charge on any atom is 0.124 e. The Labute approximate surface area is 128 Å². The summed E-state index contributed by atoms with van der Waals surface area (Å²) < 4.78 is 17.2. The molecule has 1 aliphatic heterocycles. The van der Waals surface area contributed by atoms with Gasteiger partial charge in [-0.25, -0.2) is 0 Å². The normalized spacial score (nSPS) is 17.6. The third kappa shape index (κ3) is 4.74. The molecule has 20 heavy (non-hydrogen) atoms. The molecular formula is C15H22BrNO3. The molecule has 4 nitrogen and oxygen atoms in total. The number of fused-ring (bicyclic) bond motifs is 1. The Morgan fingerprint density at radius 3 is 3.10 bits per heavy atom. The lowest BCUT2D eigenvalue weighted by molar-refractivity contribution is 0.0691. The van der Waals surface area contributed by atoms with E-state index in [0.717, 1.165) is 42.8 Å². The molecular weight excluding hydrogens is 322 g/mol. The number of methoxy groups -OCH3 is 1. The average molecular weight is 344 g/mol. The highest BCUT2D eigenvalue weighted by atomic mass is 79.9. The lowest BCUT2D eigenvalue weighted by Crippen LogP contribution is -2.28. The van der Waals surface area contributed by atoms with Gasteiger partial charge in [-0.05, 0) is 31.2 Å². The van der Waals surface area contributed by atoms with Crippen LogP contribution in [0.2, 0.25) is 0 Å². The Balaban J connectivity index is 1.73. The molecule has 1 aliphatic rings. The second kappa shape index (κ2) is 8.62. The minimum atomic E-state index is 0.371. The average Bonchev–Trinajstić information content (AvgIpc) is 2.46. The first kappa shape index (κ1) is 15.8. The van der Waals surface area contributed by atoms with E-state index in [1.807, 2.05) is 12.1 Å². The smallest absolute Gasteiger partial charge is 0.124 e. The Morgan fingerprint density at radius 1 is 1.35 bits per heavy atom. The van der Waals surface area contributed by atoms with E-state index in [9.17, 15) is 0 Å². The van der Waals surface area contributed by atoms with Crippen molar-refractivity contribution in [3.63, 3.8) is 0 Å². The fourth-order valence-electron chi connectivity index (χ4n) is 2.27. The highest BCUT2D eigenvalue weighted by Crippen LogP contribution is 2.33. The van der Waals surface area contributed by atoms with Crippen LogP contribution in [0.5, 0.6) is 5.75 Å². The molecule has 0 radical (unpaired) electrons. The van der Waals surface area contributed by atoms with Crippen molar-refractivity contribution in [2.45, 2.75) is 18.9 Å². The molecule has 0 saturated heterocycles. The number of nitrogens with one attached hydrogen (secondary N) is 1. The van der Waals surface area contributed by atoms with Gasteiger partial charge in [-0.2, -0.15) is 0 Å².